The van der Waals surface area contributed by atoms with Crippen molar-refractivity contribution < 1.29 is 9.59 Å². The lowest BCUT2D eigenvalue weighted by molar-refractivity contribution is 0.103. The summed E-state index contributed by atoms with van der Waals surface area (Å²) in [6, 6.07) is 37.9. The van der Waals surface area contributed by atoms with Gasteiger partial charge in [-0.15, -0.1) is 0 Å². The summed E-state index contributed by atoms with van der Waals surface area (Å²) in [5, 5.41) is 4.28. The first-order valence-electron chi connectivity index (χ1n) is 15.2. The van der Waals surface area contributed by atoms with Crippen LogP contribution in [0.2, 0.25) is 0 Å². The van der Waals surface area contributed by atoms with Crippen molar-refractivity contribution in [3.8, 4) is 11.1 Å². The van der Waals surface area contributed by atoms with Gasteiger partial charge in [-0.3, -0.25) is 9.59 Å². The van der Waals surface area contributed by atoms with E-state index in [9.17, 15) is 9.59 Å². The van der Waals surface area contributed by atoms with Crippen molar-refractivity contribution in [3.63, 3.8) is 0 Å². The number of fused-ring (bicyclic) bond motifs is 3. The normalized spacial score (nSPS) is 12.8. The van der Waals surface area contributed by atoms with Crippen LogP contribution in [0.1, 0.15) is 61.4 Å². The maximum atomic E-state index is 13.9. The van der Waals surface area contributed by atoms with E-state index in [1.54, 1.807) is 0 Å². The SMILES string of the molecule is Cc1c(C)c2cc(C(=O)c3ccccc3-c3ccccc3)ccc2c2ccc(C(=O)c3ccccc3C3=CC=CCC3)cc12. The van der Waals surface area contributed by atoms with E-state index >= 15 is 0 Å². The zero-order valence-electron chi connectivity index (χ0n) is 24.9. The van der Waals surface area contributed by atoms with Crippen LogP contribution in [0.3, 0.4) is 0 Å². The van der Waals surface area contributed by atoms with Gasteiger partial charge in [0.1, 0.15) is 0 Å². The number of aryl methyl sites for hydroxylation is 2. The largest absolute Gasteiger partial charge is 0.289 e. The lowest BCUT2D eigenvalue weighted by atomic mass is 9.87. The van der Waals surface area contributed by atoms with Crippen molar-refractivity contribution >= 4 is 38.7 Å². The minimum Gasteiger partial charge on any atom is -0.289 e. The molecule has 44 heavy (non-hydrogen) atoms. The van der Waals surface area contributed by atoms with Gasteiger partial charge in [0.2, 0.25) is 0 Å². The highest BCUT2D eigenvalue weighted by Gasteiger charge is 2.20. The molecule has 2 nitrogen and oxygen atoms in total. The lowest BCUT2D eigenvalue weighted by Crippen LogP contribution is -2.06. The summed E-state index contributed by atoms with van der Waals surface area (Å²) in [5.41, 5.74) is 9.18. The summed E-state index contributed by atoms with van der Waals surface area (Å²) in [4.78, 5) is 27.8. The highest BCUT2D eigenvalue weighted by Crippen LogP contribution is 2.36. The van der Waals surface area contributed by atoms with Crippen LogP contribution in [0.15, 0.2) is 133 Å². The Morgan fingerprint density at radius 3 is 1.64 bits per heavy atom. The molecule has 6 aromatic rings. The Bertz CT molecular complexity index is 2160. The van der Waals surface area contributed by atoms with Crippen molar-refractivity contribution in [2.24, 2.45) is 0 Å². The van der Waals surface area contributed by atoms with E-state index in [1.807, 2.05) is 97.1 Å². The summed E-state index contributed by atoms with van der Waals surface area (Å²) in [6.45, 7) is 4.22. The molecular formula is C42H32O2. The van der Waals surface area contributed by atoms with Gasteiger partial charge >= 0.3 is 0 Å². The predicted molar refractivity (Wildman–Crippen MR) is 182 cm³/mol. The van der Waals surface area contributed by atoms with Crippen LogP contribution in [0, 0.1) is 13.8 Å². The van der Waals surface area contributed by atoms with E-state index in [2.05, 4.69) is 50.3 Å². The van der Waals surface area contributed by atoms with E-state index in [0.717, 1.165) is 67.8 Å². The Morgan fingerprint density at radius 2 is 1.07 bits per heavy atom. The maximum absolute atomic E-state index is 13.9. The molecule has 0 saturated carbocycles. The second kappa shape index (κ2) is 11.4. The molecule has 212 valence electrons. The molecule has 0 heterocycles. The second-order valence-corrected chi connectivity index (χ2v) is 11.5. The van der Waals surface area contributed by atoms with E-state index in [0.29, 0.717) is 16.7 Å². The van der Waals surface area contributed by atoms with Crippen LogP contribution in [0.5, 0.6) is 0 Å². The van der Waals surface area contributed by atoms with E-state index < -0.39 is 0 Å². The molecule has 0 radical (unpaired) electrons. The van der Waals surface area contributed by atoms with Crippen LogP contribution in [-0.2, 0) is 0 Å². The van der Waals surface area contributed by atoms with Crippen molar-refractivity contribution in [1.29, 1.82) is 0 Å². The quantitative estimate of drug-likeness (QED) is 0.148. The Morgan fingerprint density at radius 1 is 0.545 bits per heavy atom. The predicted octanol–water partition coefficient (Wildman–Crippen LogP) is 10.5. The number of carbonyl (C=O) groups excluding carboxylic acids is 2. The molecule has 0 bridgehead atoms. The van der Waals surface area contributed by atoms with Gasteiger partial charge in [0, 0.05) is 22.3 Å². The van der Waals surface area contributed by atoms with Crippen molar-refractivity contribution in [1.82, 2.24) is 0 Å². The van der Waals surface area contributed by atoms with E-state index in [4.69, 9.17) is 0 Å². The molecule has 6 aromatic carbocycles. The monoisotopic (exact) mass is 568 g/mol. The van der Waals surface area contributed by atoms with Gasteiger partial charge in [-0.05, 0) is 93.8 Å². The minimum atomic E-state index is 0.00619. The standard InChI is InChI=1S/C42H32O2/c1-27-28(2)40-26-32(42(44)38-20-12-10-18-34(38)30-15-7-4-8-16-30)22-24-36(40)35-23-21-31(25-39(27)35)41(43)37-19-11-9-17-33(37)29-13-5-3-6-14-29/h3-7,9-15,17-26H,8,16H2,1-2H3. The van der Waals surface area contributed by atoms with Crippen molar-refractivity contribution in [3.05, 3.63) is 172 Å². The van der Waals surface area contributed by atoms with Crippen LogP contribution in [0.25, 0.3) is 38.2 Å². The fraction of sp³-hybridized carbons (Fsp3) is 0.0952. The number of allylic oxidation sites excluding steroid dienone is 4. The van der Waals surface area contributed by atoms with Gasteiger partial charge in [-0.2, -0.15) is 0 Å². The first kappa shape index (κ1) is 27.5. The average Bonchev–Trinajstić information content (AvgIpc) is 3.10. The van der Waals surface area contributed by atoms with Crippen molar-refractivity contribution in [2.45, 2.75) is 26.7 Å². The highest BCUT2D eigenvalue weighted by molar-refractivity contribution is 6.19. The number of hydrogen-bond acceptors (Lipinski definition) is 2. The lowest BCUT2D eigenvalue weighted by Gasteiger charge is -2.16. The minimum absolute atomic E-state index is 0.00619. The molecule has 2 heteroatoms. The maximum Gasteiger partial charge on any atom is 0.193 e. The summed E-state index contributed by atoms with van der Waals surface area (Å²) in [6.07, 6.45) is 8.28. The smallest absolute Gasteiger partial charge is 0.193 e. The molecule has 0 unspecified atom stereocenters. The van der Waals surface area contributed by atoms with Crippen LogP contribution in [0.4, 0.5) is 0 Å². The van der Waals surface area contributed by atoms with Gasteiger partial charge in [0.15, 0.2) is 11.6 Å². The van der Waals surface area contributed by atoms with E-state index in [1.165, 1.54) is 5.57 Å². The zero-order valence-corrected chi connectivity index (χ0v) is 24.9. The molecule has 0 aliphatic heterocycles. The summed E-state index contributed by atoms with van der Waals surface area (Å²) >= 11 is 0. The summed E-state index contributed by atoms with van der Waals surface area (Å²) in [7, 11) is 0. The molecule has 0 spiro atoms. The Hall–Kier alpha value is -5.34. The van der Waals surface area contributed by atoms with Gasteiger partial charge in [-0.25, -0.2) is 0 Å². The topological polar surface area (TPSA) is 34.1 Å². The molecule has 1 aliphatic carbocycles. The third kappa shape index (κ3) is 4.79. The first-order chi connectivity index (χ1) is 21.5. The van der Waals surface area contributed by atoms with Crippen LogP contribution >= 0.6 is 0 Å². The van der Waals surface area contributed by atoms with Crippen LogP contribution < -0.4 is 0 Å². The number of carbonyl (C=O) groups is 2. The van der Waals surface area contributed by atoms with Gasteiger partial charge in [0.05, 0.1) is 0 Å². The molecule has 0 aromatic heterocycles. The molecule has 0 atom stereocenters. The first-order valence-corrected chi connectivity index (χ1v) is 15.2. The molecule has 0 saturated heterocycles. The molecule has 0 fully saturated rings. The number of rotatable bonds is 6. The number of ketones is 2. The number of hydrogen-bond donors (Lipinski definition) is 0. The molecule has 7 rings (SSSR count). The summed E-state index contributed by atoms with van der Waals surface area (Å²) < 4.78 is 0. The third-order valence-electron chi connectivity index (χ3n) is 9.01. The van der Waals surface area contributed by atoms with Gasteiger partial charge in [0.25, 0.3) is 0 Å². The molecule has 0 N–H and O–H groups in total. The Balaban J connectivity index is 1.30. The average molecular weight is 569 g/mol. The second-order valence-electron chi connectivity index (χ2n) is 11.5. The highest BCUT2D eigenvalue weighted by atomic mass is 16.1. The van der Waals surface area contributed by atoms with Gasteiger partial charge in [-0.1, -0.05) is 121 Å². The zero-order chi connectivity index (χ0) is 30.2. The van der Waals surface area contributed by atoms with E-state index in [-0.39, 0.29) is 11.6 Å². The number of benzene rings is 6. The Labute approximate surface area is 258 Å². The van der Waals surface area contributed by atoms with Crippen LogP contribution in [-0.4, -0.2) is 11.6 Å². The molecule has 1 aliphatic rings. The molecular weight excluding hydrogens is 536 g/mol. The fourth-order valence-corrected chi connectivity index (χ4v) is 6.51. The van der Waals surface area contributed by atoms with Crippen molar-refractivity contribution in [2.75, 3.05) is 0 Å². The fourth-order valence-electron chi connectivity index (χ4n) is 6.51. The Kier molecular flexibility index (Phi) is 7.12. The van der Waals surface area contributed by atoms with Gasteiger partial charge < -0.3 is 0 Å². The molecule has 0 amide bonds. The third-order valence-corrected chi connectivity index (χ3v) is 9.01. The summed E-state index contributed by atoms with van der Waals surface area (Å²) in [5.74, 6) is 0.0415.